The highest BCUT2D eigenvalue weighted by atomic mass is 32.2. The molecule has 5 nitrogen and oxygen atoms in total. The van der Waals surface area contributed by atoms with Gasteiger partial charge in [0.25, 0.3) is 0 Å². The lowest BCUT2D eigenvalue weighted by Gasteiger charge is -2.02. The van der Waals surface area contributed by atoms with Gasteiger partial charge in [0.15, 0.2) is 10.8 Å². The molecular formula is C14H18N4OS2. The first-order valence-electron chi connectivity index (χ1n) is 6.81. The fraction of sp³-hybridized carbons (Fsp3) is 0.429. The van der Waals surface area contributed by atoms with Crippen molar-refractivity contribution in [3.8, 4) is 11.4 Å². The van der Waals surface area contributed by atoms with Gasteiger partial charge < -0.3 is 4.55 Å². The van der Waals surface area contributed by atoms with Crippen LogP contribution in [0.3, 0.4) is 0 Å². The zero-order chi connectivity index (χ0) is 15.2. The molecule has 1 unspecified atom stereocenters. The second-order valence-electron chi connectivity index (χ2n) is 4.66. The van der Waals surface area contributed by atoms with E-state index in [2.05, 4.69) is 25.7 Å². The largest absolute Gasteiger partial charge is 0.591 e. The van der Waals surface area contributed by atoms with Gasteiger partial charge in [-0.25, -0.2) is 4.98 Å². The smallest absolute Gasteiger partial charge is 0.173 e. The van der Waals surface area contributed by atoms with Crippen molar-refractivity contribution in [2.24, 2.45) is 4.40 Å². The number of rotatable bonds is 6. The van der Waals surface area contributed by atoms with E-state index in [0.717, 1.165) is 24.1 Å². The predicted octanol–water partition coefficient (Wildman–Crippen LogP) is 3.18. The minimum Gasteiger partial charge on any atom is -0.591 e. The van der Waals surface area contributed by atoms with Crippen molar-refractivity contribution >= 4 is 28.6 Å². The van der Waals surface area contributed by atoms with Crippen LogP contribution in [0.1, 0.15) is 37.4 Å². The first-order chi connectivity index (χ1) is 10.1. The van der Waals surface area contributed by atoms with Gasteiger partial charge in [-0.3, -0.25) is 4.98 Å². The molecule has 0 bridgehead atoms. The lowest BCUT2D eigenvalue weighted by molar-refractivity contribution is 0.593. The highest BCUT2D eigenvalue weighted by Gasteiger charge is 2.12. The molecule has 0 N–H and O–H groups in total. The number of aryl methyl sites for hydroxylation is 1. The third-order valence-corrected chi connectivity index (χ3v) is 4.74. The van der Waals surface area contributed by atoms with Crippen molar-refractivity contribution in [2.45, 2.75) is 33.6 Å². The summed E-state index contributed by atoms with van der Waals surface area (Å²) >= 11 is 0.105. The number of unbranched alkanes of at least 4 members (excludes halogenated alkanes) is 1. The first kappa shape index (κ1) is 16.1. The Morgan fingerprint density at radius 3 is 3.00 bits per heavy atom. The van der Waals surface area contributed by atoms with Crippen LogP contribution in [0.2, 0.25) is 0 Å². The molecule has 2 aromatic rings. The molecule has 2 heterocycles. The third-order valence-electron chi connectivity index (χ3n) is 2.80. The monoisotopic (exact) mass is 322 g/mol. The van der Waals surface area contributed by atoms with E-state index < -0.39 is 11.4 Å². The van der Waals surface area contributed by atoms with Crippen LogP contribution >= 0.6 is 11.5 Å². The van der Waals surface area contributed by atoms with E-state index in [4.69, 9.17) is 0 Å². The molecule has 0 aliphatic rings. The van der Waals surface area contributed by atoms with E-state index in [0.29, 0.717) is 22.3 Å². The number of pyridine rings is 1. The van der Waals surface area contributed by atoms with Gasteiger partial charge in [0.05, 0.1) is 11.4 Å². The fourth-order valence-electron chi connectivity index (χ4n) is 1.68. The van der Waals surface area contributed by atoms with Crippen LogP contribution in [0.15, 0.2) is 22.7 Å². The maximum atomic E-state index is 11.8. The summed E-state index contributed by atoms with van der Waals surface area (Å²) in [6.07, 6.45) is 3.68. The van der Waals surface area contributed by atoms with Gasteiger partial charge in [0.2, 0.25) is 0 Å². The molecular weight excluding hydrogens is 304 g/mol. The Hall–Kier alpha value is -1.31. The lowest BCUT2D eigenvalue weighted by Crippen LogP contribution is -2.06. The summed E-state index contributed by atoms with van der Waals surface area (Å²) in [6.45, 7) is 5.83. The summed E-state index contributed by atoms with van der Waals surface area (Å²) in [5.74, 6) is 1.26. The average Bonchev–Trinajstić information content (AvgIpc) is 2.95. The molecule has 21 heavy (non-hydrogen) atoms. The molecule has 0 amide bonds. The van der Waals surface area contributed by atoms with E-state index in [-0.39, 0.29) is 0 Å². The van der Waals surface area contributed by atoms with Crippen LogP contribution in [0, 0.1) is 6.92 Å². The zero-order valence-corrected chi connectivity index (χ0v) is 14.0. The van der Waals surface area contributed by atoms with Gasteiger partial charge in [0, 0.05) is 17.5 Å². The fourth-order valence-corrected chi connectivity index (χ4v) is 3.38. The molecule has 0 aromatic carbocycles. The van der Waals surface area contributed by atoms with Crippen molar-refractivity contribution in [2.75, 3.05) is 5.75 Å². The minimum absolute atomic E-state index is 0.600. The molecule has 112 valence electrons. The van der Waals surface area contributed by atoms with Gasteiger partial charge in [-0.1, -0.05) is 17.7 Å². The van der Waals surface area contributed by atoms with Crippen molar-refractivity contribution < 1.29 is 4.55 Å². The molecule has 0 spiro atoms. The Bertz CT molecular complexity index is 627. The average molecular weight is 322 g/mol. The third kappa shape index (κ3) is 4.59. The van der Waals surface area contributed by atoms with Crippen LogP contribution in [-0.4, -0.2) is 30.4 Å². The molecule has 0 radical (unpaired) electrons. The molecule has 0 aliphatic heterocycles. The molecule has 2 rings (SSSR count). The Labute approximate surface area is 132 Å². The molecule has 0 fully saturated rings. The van der Waals surface area contributed by atoms with Gasteiger partial charge in [-0.15, -0.1) is 0 Å². The summed E-state index contributed by atoms with van der Waals surface area (Å²) in [5, 5.41) is 0.712. The summed E-state index contributed by atoms with van der Waals surface area (Å²) in [4.78, 5) is 8.63. The molecule has 7 heteroatoms. The lowest BCUT2D eigenvalue weighted by atomic mass is 10.2. The quantitative estimate of drug-likeness (QED) is 0.605. The number of aromatic nitrogens is 3. The van der Waals surface area contributed by atoms with Crippen molar-refractivity contribution in [3.05, 3.63) is 29.0 Å². The molecule has 0 aliphatic carbocycles. The van der Waals surface area contributed by atoms with Crippen LogP contribution in [-0.2, 0) is 11.4 Å². The van der Waals surface area contributed by atoms with Crippen molar-refractivity contribution in [1.29, 1.82) is 0 Å². The van der Waals surface area contributed by atoms with Crippen LogP contribution in [0.5, 0.6) is 0 Å². The van der Waals surface area contributed by atoms with E-state index in [1.807, 2.05) is 26.0 Å². The Kier molecular flexibility index (Phi) is 5.84. The van der Waals surface area contributed by atoms with Gasteiger partial charge in [-0.2, -0.15) is 4.37 Å². The Morgan fingerprint density at radius 1 is 1.48 bits per heavy atom. The maximum Gasteiger partial charge on any atom is 0.173 e. The highest BCUT2D eigenvalue weighted by molar-refractivity contribution is 7.90. The molecule has 2 aromatic heterocycles. The van der Waals surface area contributed by atoms with Crippen molar-refractivity contribution in [1.82, 2.24) is 14.3 Å². The number of hydrogen-bond donors (Lipinski definition) is 0. The van der Waals surface area contributed by atoms with Gasteiger partial charge in [-0.05, 0) is 43.9 Å². The van der Waals surface area contributed by atoms with E-state index in [1.165, 1.54) is 11.5 Å². The normalized spacial score (nSPS) is 13.4. The highest BCUT2D eigenvalue weighted by Crippen LogP contribution is 2.19. The van der Waals surface area contributed by atoms with Gasteiger partial charge >= 0.3 is 0 Å². The van der Waals surface area contributed by atoms with E-state index in [1.54, 1.807) is 6.20 Å². The van der Waals surface area contributed by atoms with Crippen LogP contribution < -0.4 is 0 Å². The van der Waals surface area contributed by atoms with Gasteiger partial charge in [0.1, 0.15) is 11.5 Å². The second-order valence-corrected chi connectivity index (χ2v) is 6.65. The van der Waals surface area contributed by atoms with Crippen LogP contribution in [0.4, 0.5) is 0 Å². The summed E-state index contributed by atoms with van der Waals surface area (Å²) < 4.78 is 20.3. The summed E-state index contributed by atoms with van der Waals surface area (Å²) in [5.41, 5.74) is 2.54. The number of hydrogen-bond acceptors (Lipinski definition) is 6. The first-order valence-corrected chi connectivity index (χ1v) is 8.86. The molecule has 0 saturated carbocycles. The van der Waals surface area contributed by atoms with Crippen LogP contribution in [0.25, 0.3) is 11.4 Å². The van der Waals surface area contributed by atoms with E-state index >= 15 is 0 Å². The summed E-state index contributed by atoms with van der Waals surface area (Å²) in [7, 11) is 0. The van der Waals surface area contributed by atoms with Crippen molar-refractivity contribution in [3.63, 3.8) is 0 Å². The SMILES string of the molecule is CCCC[S+]([O-])N=C(C)c1nc(-c2ccnc(C)c2)ns1. The second kappa shape index (κ2) is 7.63. The zero-order valence-electron chi connectivity index (χ0n) is 12.4. The topological polar surface area (TPSA) is 74.1 Å². The maximum absolute atomic E-state index is 11.8. The predicted molar refractivity (Wildman–Crippen MR) is 88.0 cm³/mol. The minimum atomic E-state index is -1.17. The van der Waals surface area contributed by atoms with E-state index in [9.17, 15) is 4.55 Å². The Balaban J connectivity index is 2.14. The number of nitrogens with zero attached hydrogens (tertiary/aromatic N) is 4. The molecule has 0 saturated heterocycles. The molecule has 1 atom stereocenters. The standard InChI is InChI=1S/C14H18N4OS2/c1-4-5-8-21(19)18-11(3)14-16-13(17-20-14)12-6-7-15-10(2)9-12/h6-7,9H,4-5,8H2,1-3H3. The summed E-state index contributed by atoms with van der Waals surface area (Å²) in [6, 6.07) is 3.82. The Morgan fingerprint density at radius 2 is 2.29 bits per heavy atom.